The number of nitrogens with zero attached hydrogens (tertiary/aromatic N) is 4. The summed E-state index contributed by atoms with van der Waals surface area (Å²) >= 11 is 0. The second-order valence-electron chi connectivity index (χ2n) is 3.72. The van der Waals surface area contributed by atoms with Gasteiger partial charge in [0, 0.05) is 18.2 Å². The zero-order chi connectivity index (χ0) is 14.5. The molecule has 8 nitrogen and oxygen atoms in total. The number of hydrogen-bond acceptors (Lipinski definition) is 6. The van der Waals surface area contributed by atoms with Crippen LogP contribution in [-0.2, 0) is 0 Å². The molecular weight excluding hydrogens is 264 g/mol. The number of azo groups is 1. The largest absolute Gasteiger partial charge is 0.296 e. The molecule has 0 aromatic heterocycles. The van der Waals surface area contributed by atoms with E-state index in [1.165, 1.54) is 42.5 Å². The van der Waals surface area contributed by atoms with Crippen molar-refractivity contribution in [1.29, 1.82) is 0 Å². The van der Waals surface area contributed by atoms with Gasteiger partial charge >= 0.3 is 0 Å². The maximum atomic E-state index is 10.8. The summed E-state index contributed by atoms with van der Waals surface area (Å²) in [6.07, 6.45) is 0. The Morgan fingerprint density at radius 2 is 1.60 bits per heavy atom. The van der Waals surface area contributed by atoms with Crippen LogP contribution in [-0.4, -0.2) is 9.85 Å². The predicted molar refractivity (Wildman–Crippen MR) is 70.4 cm³/mol. The molecule has 8 heteroatoms. The zero-order valence-corrected chi connectivity index (χ0v) is 10.0. The monoisotopic (exact) mass is 272 g/mol. The zero-order valence-electron chi connectivity index (χ0n) is 10.0. The molecule has 2 aromatic rings. The highest BCUT2D eigenvalue weighted by Crippen LogP contribution is 2.29. The van der Waals surface area contributed by atoms with Crippen molar-refractivity contribution in [3.05, 3.63) is 68.8 Å². The van der Waals surface area contributed by atoms with Gasteiger partial charge in [0.1, 0.15) is 0 Å². The SMILES string of the molecule is O=[N+]([O-])c1cccc(N=Nc2ccccc2[N+](=O)[O-])c1. The molecule has 0 heterocycles. The van der Waals surface area contributed by atoms with Crippen LogP contribution in [0.25, 0.3) is 0 Å². The van der Waals surface area contributed by atoms with Crippen LogP contribution in [0.5, 0.6) is 0 Å². The highest BCUT2D eigenvalue weighted by Gasteiger charge is 2.11. The Hall–Kier alpha value is -3.16. The second kappa shape index (κ2) is 5.65. The Labute approximate surface area is 112 Å². The van der Waals surface area contributed by atoms with Gasteiger partial charge in [0.2, 0.25) is 0 Å². The van der Waals surface area contributed by atoms with E-state index in [9.17, 15) is 20.2 Å². The highest BCUT2D eigenvalue weighted by molar-refractivity contribution is 5.57. The van der Waals surface area contributed by atoms with Crippen LogP contribution in [0.15, 0.2) is 58.8 Å². The van der Waals surface area contributed by atoms with E-state index in [0.29, 0.717) is 0 Å². The smallest absolute Gasteiger partial charge is 0.258 e. The molecule has 0 saturated heterocycles. The van der Waals surface area contributed by atoms with Crippen molar-refractivity contribution in [2.75, 3.05) is 0 Å². The first-order valence-corrected chi connectivity index (χ1v) is 5.47. The topological polar surface area (TPSA) is 111 Å². The molecule has 2 rings (SSSR count). The lowest BCUT2D eigenvalue weighted by Gasteiger charge is -1.96. The summed E-state index contributed by atoms with van der Waals surface area (Å²) < 4.78 is 0. The first-order valence-electron chi connectivity index (χ1n) is 5.47. The molecule has 0 aliphatic heterocycles. The Morgan fingerprint density at radius 3 is 2.30 bits per heavy atom. The summed E-state index contributed by atoms with van der Waals surface area (Å²) in [6.45, 7) is 0. The predicted octanol–water partition coefficient (Wildman–Crippen LogP) is 3.92. The number of hydrogen-bond donors (Lipinski definition) is 0. The van der Waals surface area contributed by atoms with Gasteiger partial charge in [-0.2, -0.15) is 5.11 Å². The Kier molecular flexibility index (Phi) is 3.75. The van der Waals surface area contributed by atoms with Crippen molar-refractivity contribution in [2.24, 2.45) is 10.2 Å². The lowest BCUT2D eigenvalue weighted by Crippen LogP contribution is -1.87. The number of nitro benzene ring substituents is 2. The van der Waals surface area contributed by atoms with Crippen LogP contribution in [0.4, 0.5) is 22.7 Å². The number of para-hydroxylation sites is 1. The lowest BCUT2D eigenvalue weighted by molar-refractivity contribution is -0.384. The molecule has 0 saturated carbocycles. The van der Waals surface area contributed by atoms with E-state index in [0.717, 1.165) is 0 Å². The molecule has 0 fully saturated rings. The van der Waals surface area contributed by atoms with Gasteiger partial charge in [-0.05, 0) is 12.1 Å². The molecule has 0 aliphatic carbocycles. The minimum absolute atomic E-state index is 0.0870. The normalized spacial score (nSPS) is 10.6. The highest BCUT2D eigenvalue weighted by atomic mass is 16.6. The van der Waals surface area contributed by atoms with Crippen molar-refractivity contribution in [2.45, 2.75) is 0 Å². The van der Waals surface area contributed by atoms with E-state index in [4.69, 9.17) is 0 Å². The third-order valence-electron chi connectivity index (χ3n) is 2.39. The Bertz CT molecular complexity index is 699. The molecule has 0 bridgehead atoms. The Balaban J connectivity index is 2.32. The van der Waals surface area contributed by atoms with Crippen molar-refractivity contribution >= 4 is 22.7 Å². The van der Waals surface area contributed by atoms with E-state index in [1.54, 1.807) is 6.07 Å². The molecule has 0 unspecified atom stereocenters. The van der Waals surface area contributed by atoms with Gasteiger partial charge < -0.3 is 0 Å². The summed E-state index contributed by atoms with van der Waals surface area (Å²) in [7, 11) is 0. The first kappa shape index (κ1) is 13.3. The average molecular weight is 272 g/mol. The number of benzene rings is 2. The van der Waals surface area contributed by atoms with E-state index in [-0.39, 0.29) is 22.7 Å². The van der Waals surface area contributed by atoms with Crippen molar-refractivity contribution in [3.8, 4) is 0 Å². The van der Waals surface area contributed by atoms with E-state index < -0.39 is 9.85 Å². The van der Waals surface area contributed by atoms with Crippen LogP contribution in [0.1, 0.15) is 0 Å². The fraction of sp³-hybridized carbons (Fsp3) is 0. The quantitative estimate of drug-likeness (QED) is 0.477. The van der Waals surface area contributed by atoms with Gasteiger partial charge in [0.25, 0.3) is 11.4 Å². The fourth-order valence-corrected chi connectivity index (χ4v) is 1.48. The van der Waals surface area contributed by atoms with Gasteiger partial charge in [-0.3, -0.25) is 20.2 Å². The third kappa shape index (κ3) is 2.99. The van der Waals surface area contributed by atoms with Crippen LogP contribution in [0.2, 0.25) is 0 Å². The molecule has 20 heavy (non-hydrogen) atoms. The van der Waals surface area contributed by atoms with Gasteiger partial charge in [-0.15, -0.1) is 5.11 Å². The van der Waals surface area contributed by atoms with Gasteiger partial charge in [0.15, 0.2) is 5.69 Å². The molecule has 0 atom stereocenters. The standard InChI is InChI=1S/C12H8N4O4/c17-15(18)10-5-3-4-9(8-10)13-14-11-6-1-2-7-12(11)16(19)20/h1-8H. The molecular formula is C12H8N4O4. The van der Waals surface area contributed by atoms with Crippen LogP contribution < -0.4 is 0 Å². The third-order valence-corrected chi connectivity index (χ3v) is 2.39. The summed E-state index contributed by atoms with van der Waals surface area (Å²) in [5.41, 5.74) is 0.0343. The van der Waals surface area contributed by atoms with E-state index in [2.05, 4.69) is 10.2 Å². The number of rotatable bonds is 4. The first-order chi connectivity index (χ1) is 9.58. The molecule has 0 radical (unpaired) electrons. The van der Waals surface area contributed by atoms with E-state index >= 15 is 0 Å². The minimum atomic E-state index is -0.568. The summed E-state index contributed by atoms with van der Waals surface area (Å²) in [5.74, 6) is 0. The molecule has 0 N–H and O–H groups in total. The fourth-order valence-electron chi connectivity index (χ4n) is 1.48. The van der Waals surface area contributed by atoms with Crippen molar-refractivity contribution in [3.63, 3.8) is 0 Å². The summed E-state index contributed by atoms with van der Waals surface area (Å²) in [5, 5.41) is 28.9. The minimum Gasteiger partial charge on any atom is -0.258 e. The maximum Gasteiger partial charge on any atom is 0.296 e. The molecule has 2 aromatic carbocycles. The van der Waals surface area contributed by atoms with Crippen LogP contribution in [0.3, 0.4) is 0 Å². The van der Waals surface area contributed by atoms with Gasteiger partial charge in [0.05, 0.1) is 15.5 Å². The van der Waals surface area contributed by atoms with Gasteiger partial charge in [-0.25, -0.2) is 0 Å². The molecule has 0 spiro atoms. The van der Waals surface area contributed by atoms with Crippen molar-refractivity contribution < 1.29 is 9.85 Å². The number of nitro groups is 2. The molecule has 0 amide bonds. The second-order valence-corrected chi connectivity index (χ2v) is 3.72. The molecule has 100 valence electrons. The Morgan fingerprint density at radius 1 is 0.850 bits per heavy atom. The average Bonchev–Trinajstić information content (AvgIpc) is 2.45. The van der Waals surface area contributed by atoms with Crippen LogP contribution in [0, 0.1) is 20.2 Å². The van der Waals surface area contributed by atoms with E-state index in [1.807, 2.05) is 0 Å². The molecule has 0 aliphatic rings. The van der Waals surface area contributed by atoms with Crippen molar-refractivity contribution in [1.82, 2.24) is 0 Å². The summed E-state index contributed by atoms with van der Waals surface area (Å²) in [4.78, 5) is 20.3. The van der Waals surface area contributed by atoms with Gasteiger partial charge in [-0.1, -0.05) is 18.2 Å². The maximum absolute atomic E-state index is 10.8. The lowest BCUT2D eigenvalue weighted by atomic mass is 10.3. The number of non-ortho nitro benzene ring substituents is 1. The van der Waals surface area contributed by atoms with Crippen LogP contribution >= 0.6 is 0 Å². The summed E-state index contributed by atoms with van der Waals surface area (Å²) in [6, 6.07) is 11.4.